The number of nitrogens with one attached hydrogen (secondary N) is 1. The van der Waals surface area contributed by atoms with Crippen molar-refractivity contribution < 1.29 is 13.7 Å². The third-order valence-corrected chi connectivity index (χ3v) is 4.97. The van der Waals surface area contributed by atoms with Crippen LogP contribution in [0.4, 0.5) is 0 Å². The number of aromatic nitrogens is 2. The Kier molecular flexibility index (Phi) is 4.57. The number of amides is 1. The molecule has 7 heteroatoms. The molecule has 0 aromatic carbocycles. The molecule has 2 aliphatic rings. The van der Waals surface area contributed by atoms with Crippen LogP contribution in [0.5, 0.6) is 0 Å². The second-order valence-electron chi connectivity index (χ2n) is 7.14. The molecule has 1 aliphatic heterocycles. The normalized spacial score (nSPS) is 22.7. The molecule has 2 aromatic rings. The standard InChI is InChI=1S/C18H24N4O3/c1-12(15-5-3-9-24-15)19-16(23)11-22-8-2-4-14(10-22)17-20-18(25-21-17)13-6-7-13/h3,5,9,12-14H,2,4,6-8,10-11H2,1H3,(H,19,23)/t12-,14-/m0/s1. The van der Waals surface area contributed by atoms with E-state index in [1.807, 2.05) is 19.1 Å². The highest BCUT2D eigenvalue weighted by atomic mass is 16.5. The number of carbonyl (C=O) groups is 1. The van der Waals surface area contributed by atoms with Crippen molar-refractivity contribution in [1.29, 1.82) is 0 Å². The fraction of sp³-hybridized carbons (Fsp3) is 0.611. The summed E-state index contributed by atoms with van der Waals surface area (Å²) in [6, 6.07) is 3.57. The molecule has 7 nitrogen and oxygen atoms in total. The third kappa shape index (κ3) is 3.92. The topological polar surface area (TPSA) is 84.4 Å². The molecule has 3 heterocycles. The Morgan fingerprint density at radius 1 is 1.40 bits per heavy atom. The van der Waals surface area contributed by atoms with E-state index in [0.717, 1.165) is 56.2 Å². The first-order valence-electron chi connectivity index (χ1n) is 9.07. The largest absolute Gasteiger partial charge is 0.467 e. The zero-order chi connectivity index (χ0) is 17.2. The highest BCUT2D eigenvalue weighted by Crippen LogP contribution is 2.39. The lowest BCUT2D eigenvalue weighted by atomic mass is 9.97. The lowest BCUT2D eigenvalue weighted by molar-refractivity contribution is -0.123. The quantitative estimate of drug-likeness (QED) is 0.867. The minimum absolute atomic E-state index is 0.0105. The Bertz CT molecular complexity index is 708. The maximum absolute atomic E-state index is 12.3. The molecule has 0 spiro atoms. The summed E-state index contributed by atoms with van der Waals surface area (Å²) in [6.45, 7) is 4.03. The van der Waals surface area contributed by atoms with Gasteiger partial charge >= 0.3 is 0 Å². The molecular formula is C18H24N4O3. The maximum Gasteiger partial charge on any atom is 0.234 e. The first kappa shape index (κ1) is 16.3. The second kappa shape index (κ2) is 7.00. The number of hydrogen-bond donors (Lipinski definition) is 1. The summed E-state index contributed by atoms with van der Waals surface area (Å²) in [7, 11) is 0. The van der Waals surface area contributed by atoms with Crippen LogP contribution >= 0.6 is 0 Å². The van der Waals surface area contributed by atoms with E-state index in [1.165, 1.54) is 0 Å². The molecule has 0 bridgehead atoms. The Labute approximate surface area is 146 Å². The summed E-state index contributed by atoms with van der Waals surface area (Å²) in [5.41, 5.74) is 0. The van der Waals surface area contributed by atoms with Gasteiger partial charge in [0.15, 0.2) is 5.82 Å². The van der Waals surface area contributed by atoms with Gasteiger partial charge in [0.25, 0.3) is 0 Å². The molecule has 1 N–H and O–H groups in total. The lowest BCUT2D eigenvalue weighted by Crippen LogP contribution is -2.42. The molecule has 0 radical (unpaired) electrons. The molecular weight excluding hydrogens is 320 g/mol. The average molecular weight is 344 g/mol. The molecule has 2 fully saturated rings. The van der Waals surface area contributed by atoms with Gasteiger partial charge in [-0.2, -0.15) is 4.98 Å². The van der Waals surface area contributed by atoms with E-state index in [2.05, 4.69) is 20.4 Å². The van der Waals surface area contributed by atoms with Crippen molar-refractivity contribution in [2.45, 2.75) is 50.5 Å². The summed E-state index contributed by atoms with van der Waals surface area (Å²) < 4.78 is 10.7. The van der Waals surface area contributed by atoms with Gasteiger partial charge in [0.2, 0.25) is 11.8 Å². The van der Waals surface area contributed by atoms with Gasteiger partial charge in [-0.25, -0.2) is 0 Å². The van der Waals surface area contributed by atoms with Crippen LogP contribution in [0, 0.1) is 0 Å². The van der Waals surface area contributed by atoms with Crippen LogP contribution in [-0.2, 0) is 4.79 Å². The van der Waals surface area contributed by atoms with Crippen molar-refractivity contribution in [3.63, 3.8) is 0 Å². The molecule has 1 amide bonds. The van der Waals surface area contributed by atoms with Crippen molar-refractivity contribution in [3.8, 4) is 0 Å². The molecule has 1 aliphatic carbocycles. The zero-order valence-corrected chi connectivity index (χ0v) is 14.5. The van der Waals surface area contributed by atoms with Gasteiger partial charge < -0.3 is 14.3 Å². The fourth-order valence-electron chi connectivity index (χ4n) is 3.42. The van der Waals surface area contributed by atoms with E-state index in [0.29, 0.717) is 12.5 Å². The van der Waals surface area contributed by atoms with Gasteiger partial charge in [-0.3, -0.25) is 9.69 Å². The van der Waals surface area contributed by atoms with Crippen LogP contribution in [0.15, 0.2) is 27.3 Å². The van der Waals surface area contributed by atoms with Gasteiger partial charge in [0.1, 0.15) is 5.76 Å². The molecule has 1 saturated carbocycles. The van der Waals surface area contributed by atoms with E-state index >= 15 is 0 Å². The second-order valence-corrected chi connectivity index (χ2v) is 7.14. The minimum atomic E-state index is -0.124. The third-order valence-electron chi connectivity index (χ3n) is 4.97. The summed E-state index contributed by atoms with van der Waals surface area (Å²) in [5.74, 6) is 3.10. The highest BCUT2D eigenvalue weighted by Gasteiger charge is 2.32. The van der Waals surface area contributed by atoms with E-state index in [1.54, 1.807) is 6.26 Å². The van der Waals surface area contributed by atoms with E-state index < -0.39 is 0 Å². The first-order chi connectivity index (χ1) is 12.2. The summed E-state index contributed by atoms with van der Waals surface area (Å²) in [5, 5.41) is 7.16. The molecule has 2 atom stereocenters. The number of rotatable bonds is 6. The first-order valence-corrected chi connectivity index (χ1v) is 9.07. The Balaban J connectivity index is 1.30. The number of carbonyl (C=O) groups excluding carboxylic acids is 1. The average Bonchev–Trinajstić information content (AvgIpc) is 3.12. The van der Waals surface area contributed by atoms with E-state index in [4.69, 9.17) is 8.94 Å². The smallest absolute Gasteiger partial charge is 0.234 e. The molecule has 4 rings (SSSR count). The van der Waals surface area contributed by atoms with Crippen LogP contribution in [0.25, 0.3) is 0 Å². The van der Waals surface area contributed by atoms with Gasteiger partial charge in [-0.1, -0.05) is 5.16 Å². The van der Waals surface area contributed by atoms with Crippen molar-refractivity contribution in [3.05, 3.63) is 35.9 Å². The molecule has 25 heavy (non-hydrogen) atoms. The van der Waals surface area contributed by atoms with Crippen LogP contribution in [-0.4, -0.2) is 40.6 Å². The summed E-state index contributed by atoms with van der Waals surface area (Å²) in [4.78, 5) is 19.1. The minimum Gasteiger partial charge on any atom is -0.467 e. The molecule has 1 saturated heterocycles. The van der Waals surface area contributed by atoms with Crippen LogP contribution in [0.2, 0.25) is 0 Å². The summed E-state index contributed by atoms with van der Waals surface area (Å²) in [6.07, 6.45) is 6.02. The monoisotopic (exact) mass is 344 g/mol. The number of furan rings is 1. The van der Waals surface area contributed by atoms with E-state index in [9.17, 15) is 4.79 Å². The Hall–Kier alpha value is -2.15. The molecule has 134 valence electrons. The predicted molar refractivity (Wildman–Crippen MR) is 90.0 cm³/mol. The van der Waals surface area contributed by atoms with Gasteiger partial charge in [-0.15, -0.1) is 0 Å². The molecule has 0 unspecified atom stereocenters. The Morgan fingerprint density at radius 3 is 3.04 bits per heavy atom. The molecule has 2 aromatic heterocycles. The lowest BCUT2D eigenvalue weighted by Gasteiger charge is -2.30. The maximum atomic E-state index is 12.3. The van der Waals surface area contributed by atoms with Crippen molar-refractivity contribution in [1.82, 2.24) is 20.4 Å². The van der Waals surface area contributed by atoms with Crippen LogP contribution in [0.1, 0.15) is 68.0 Å². The Morgan fingerprint density at radius 2 is 2.28 bits per heavy atom. The van der Waals surface area contributed by atoms with E-state index in [-0.39, 0.29) is 17.9 Å². The van der Waals surface area contributed by atoms with Gasteiger partial charge in [0.05, 0.1) is 18.8 Å². The van der Waals surface area contributed by atoms with Gasteiger partial charge in [0, 0.05) is 18.4 Å². The predicted octanol–water partition coefficient (Wildman–Crippen LogP) is 2.60. The number of piperidine rings is 1. The SMILES string of the molecule is C[C@H](NC(=O)CN1CCC[C@H](c2noc(C3CC3)n2)C1)c1ccco1. The fourth-order valence-corrected chi connectivity index (χ4v) is 3.42. The zero-order valence-electron chi connectivity index (χ0n) is 14.5. The van der Waals surface area contributed by atoms with Crippen LogP contribution in [0.3, 0.4) is 0 Å². The van der Waals surface area contributed by atoms with Crippen molar-refractivity contribution in [2.24, 2.45) is 0 Å². The number of likely N-dealkylation sites (tertiary alicyclic amines) is 1. The van der Waals surface area contributed by atoms with Crippen molar-refractivity contribution >= 4 is 5.91 Å². The van der Waals surface area contributed by atoms with Crippen molar-refractivity contribution in [2.75, 3.05) is 19.6 Å². The number of nitrogens with zero attached hydrogens (tertiary/aromatic N) is 3. The highest BCUT2D eigenvalue weighted by molar-refractivity contribution is 5.78. The number of hydrogen-bond acceptors (Lipinski definition) is 6. The van der Waals surface area contributed by atoms with Gasteiger partial charge in [-0.05, 0) is 51.3 Å². The van der Waals surface area contributed by atoms with Crippen LogP contribution < -0.4 is 5.32 Å². The summed E-state index contributed by atoms with van der Waals surface area (Å²) >= 11 is 0.